The first-order valence-corrected chi connectivity index (χ1v) is 11.4. The smallest absolute Gasteiger partial charge is 0.0407 e. The molecule has 2 aliphatic rings. The summed E-state index contributed by atoms with van der Waals surface area (Å²) in [6.45, 7) is 9.18. The third-order valence-electron chi connectivity index (χ3n) is 7.38. The lowest BCUT2D eigenvalue weighted by Crippen LogP contribution is -2.50. The van der Waals surface area contributed by atoms with E-state index in [1.165, 1.54) is 44.9 Å². The van der Waals surface area contributed by atoms with Crippen LogP contribution in [0.25, 0.3) is 0 Å². The van der Waals surface area contributed by atoms with E-state index >= 15 is 0 Å². The fourth-order valence-corrected chi connectivity index (χ4v) is 6.73. The molecule has 3 heteroatoms. The zero-order chi connectivity index (χ0) is 17.9. The predicted octanol–water partition coefficient (Wildman–Crippen LogP) is 6.45. The van der Waals surface area contributed by atoms with Crippen molar-refractivity contribution in [3.63, 3.8) is 0 Å². The Labute approximate surface area is 160 Å². The molecule has 0 bridgehead atoms. The second kappa shape index (κ2) is 9.47. The summed E-state index contributed by atoms with van der Waals surface area (Å²) >= 11 is 13.9. The van der Waals surface area contributed by atoms with E-state index in [-0.39, 0.29) is 11.4 Å². The lowest BCUT2D eigenvalue weighted by atomic mass is 9.64. The lowest BCUT2D eigenvalue weighted by Gasteiger charge is -2.46. The lowest BCUT2D eigenvalue weighted by molar-refractivity contribution is 0.111. The van der Waals surface area contributed by atoms with E-state index in [0.29, 0.717) is 35.0 Å². The van der Waals surface area contributed by atoms with Crippen molar-refractivity contribution >= 4 is 23.2 Å². The first kappa shape index (κ1) is 20.8. The third kappa shape index (κ3) is 4.44. The second-order valence-corrected chi connectivity index (χ2v) is 9.62. The van der Waals surface area contributed by atoms with Crippen molar-refractivity contribution in [2.75, 3.05) is 0 Å². The van der Waals surface area contributed by atoms with Gasteiger partial charge in [0.25, 0.3) is 0 Å². The van der Waals surface area contributed by atoms with Crippen LogP contribution in [0.5, 0.6) is 0 Å². The van der Waals surface area contributed by atoms with Gasteiger partial charge in [0.1, 0.15) is 0 Å². The van der Waals surface area contributed by atoms with Gasteiger partial charge in [-0.05, 0) is 61.2 Å². The highest BCUT2D eigenvalue weighted by Crippen LogP contribution is 2.47. The maximum absolute atomic E-state index is 6.95. The van der Waals surface area contributed by atoms with E-state index < -0.39 is 0 Å². The highest BCUT2D eigenvalue weighted by atomic mass is 35.5. The molecule has 2 saturated carbocycles. The van der Waals surface area contributed by atoms with Crippen LogP contribution in [0, 0.1) is 35.5 Å². The van der Waals surface area contributed by atoms with Crippen molar-refractivity contribution in [3.8, 4) is 0 Å². The highest BCUT2D eigenvalue weighted by molar-refractivity contribution is 6.21. The first-order chi connectivity index (χ1) is 11.5. The molecule has 9 unspecified atom stereocenters. The summed E-state index contributed by atoms with van der Waals surface area (Å²) in [5.74, 6) is 3.90. The molecule has 0 radical (unpaired) electrons. The van der Waals surface area contributed by atoms with Gasteiger partial charge in [0.15, 0.2) is 0 Å². The van der Waals surface area contributed by atoms with Crippen LogP contribution in [0.15, 0.2) is 0 Å². The Morgan fingerprint density at radius 1 is 0.708 bits per heavy atom. The zero-order valence-corrected chi connectivity index (χ0v) is 17.7. The van der Waals surface area contributed by atoms with Crippen molar-refractivity contribution in [2.24, 2.45) is 41.2 Å². The van der Waals surface area contributed by atoms with Gasteiger partial charge in [-0.3, -0.25) is 0 Å². The van der Waals surface area contributed by atoms with Crippen molar-refractivity contribution < 1.29 is 0 Å². The van der Waals surface area contributed by atoms with E-state index in [0.717, 1.165) is 12.3 Å². The van der Waals surface area contributed by atoms with Gasteiger partial charge in [0.05, 0.1) is 0 Å². The average Bonchev–Trinajstić information content (AvgIpc) is 2.59. The van der Waals surface area contributed by atoms with Crippen LogP contribution in [0.1, 0.15) is 79.1 Å². The van der Waals surface area contributed by atoms with Gasteiger partial charge in [0.2, 0.25) is 0 Å². The molecule has 0 amide bonds. The molecule has 2 aliphatic carbocycles. The van der Waals surface area contributed by atoms with E-state index in [4.69, 9.17) is 28.9 Å². The molecule has 1 nitrogen and oxygen atoms in total. The fraction of sp³-hybridized carbons (Fsp3) is 1.00. The van der Waals surface area contributed by atoms with Gasteiger partial charge in [-0.15, -0.1) is 23.2 Å². The molecule has 2 fully saturated rings. The summed E-state index contributed by atoms with van der Waals surface area (Å²) in [7, 11) is 0. The van der Waals surface area contributed by atoms with E-state index in [1.54, 1.807) is 0 Å². The predicted molar refractivity (Wildman–Crippen MR) is 108 cm³/mol. The molecular formula is C21H39Cl2N. The topological polar surface area (TPSA) is 26.0 Å². The number of halogens is 2. The van der Waals surface area contributed by atoms with Gasteiger partial charge in [-0.2, -0.15) is 0 Å². The molecule has 0 saturated heterocycles. The van der Waals surface area contributed by atoms with Crippen LogP contribution < -0.4 is 5.73 Å². The number of rotatable bonds is 6. The largest absolute Gasteiger partial charge is 0.327 e. The third-order valence-corrected chi connectivity index (χ3v) is 8.77. The van der Waals surface area contributed by atoms with Crippen molar-refractivity contribution in [3.05, 3.63) is 0 Å². The Balaban J connectivity index is 2.09. The Kier molecular flexibility index (Phi) is 8.22. The minimum atomic E-state index is 0.235. The molecule has 0 aromatic rings. The summed E-state index contributed by atoms with van der Waals surface area (Å²) in [5.41, 5.74) is 6.53. The maximum Gasteiger partial charge on any atom is 0.0407 e. The molecule has 24 heavy (non-hydrogen) atoms. The Morgan fingerprint density at radius 3 is 1.83 bits per heavy atom. The quantitative estimate of drug-likeness (QED) is 0.529. The van der Waals surface area contributed by atoms with Gasteiger partial charge in [-0.25, -0.2) is 0 Å². The molecule has 2 N–H and O–H groups in total. The molecular weight excluding hydrogens is 337 g/mol. The second-order valence-electron chi connectivity index (χ2n) is 8.61. The van der Waals surface area contributed by atoms with Crippen LogP contribution in [-0.4, -0.2) is 16.8 Å². The Morgan fingerprint density at radius 2 is 1.29 bits per heavy atom. The number of hydrogen-bond acceptors (Lipinski definition) is 1. The summed E-state index contributed by atoms with van der Waals surface area (Å²) in [5, 5.41) is 0.580. The van der Waals surface area contributed by atoms with Crippen LogP contribution in [0.2, 0.25) is 0 Å². The zero-order valence-electron chi connectivity index (χ0n) is 16.2. The summed E-state index contributed by atoms with van der Waals surface area (Å²) in [6.07, 6.45) is 9.86. The number of nitrogens with two attached hydrogens (primary N) is 1. The SMILES string of the molecule is CCC1CC(CC)C(Cl)C(CC2CC(CC)C(N)C(CC)C2Cl)C1. The molecule has 0 aliphatic heterocycles. The first-order valence-electron chi connectivity index (χ1n) is 10.5. The van der Waals surface area contributed by atoms with Crippen LogP contribution in [-0.2, 0) is 0 Å². The van der Waals surface area contributed by atoms with Crippen molar-refractivity contribution in [1.82, 2.24) is 0 Å². The number of hydrogen-bond donors (Lipinski definition) is 1. The fourth-order valence-electron chi connectivity index (χ4n) is 5.69. The Hall–Kier alpha value is 0.540. The molecule has 9 atom stereocenters. The van der Waals surface area contributed by atoms with Crippen LogP contribution in [0.3, 0.4) is 0 Å². The summed E-state index contributed by atoms with van der Waals surface area (Å²) in [6, 6.07) is 0.281. The van der Waals surface area contributed by atoms with Crippen molar-refractivity contribution in [1.29, 1.82) is 0 Å². The average molecular weight is 376 g/mol. The van der Waals surface area contributed by atoms with Crippen LogP contribution >= 0.6 is 23.2 Å². The highest BCUT2D eigenvalue weighted by Gasteiger charge is 2.43. The minimum Gasteiger partial charge on any atom is -0.327 e. The molecule has 142 valence electrons. The Bertz CT molecular complexity index is 375. The monoisotopic (exact) mass is 375 g/mol. The molecule has 2 rings (SSSR count). The number of alkyl halides is 2. The maximum atomic E-state index is 6.95. The van der Waals surface area contributed by atoms with Gasteiger partial charge in [0, 0.05) is 16.8 Å². The van der Waals surface area contributed by atoms with Gasteiger partial charge >= 0.3 is 0 Å². The molecule has 0 heterocycles. The van der Waals surface area contributed by atoms with Gasteiger partial charge in [-0.1, -0.05) is 53.4 Å². The normalized spacial score (nSPS) is 46.9. The van der Waals surface area contributed by atoms with E-state index in [9.17, 15) is 0 Å². The molecule has 0 aromatic carbocycles. The summed E-state index contributed by atoms with van der Waals surface area (Å²) in [4.78, 5) is 0. The van der Waals surface area contributed by atoms with Gasteiger partial charge < -0.3 is 5.73 Å². The van der Waals surface area contributed by atoms with E-state index in [1.807, 2.05) is 0 Å². The molecule has 0 aromatic heterocycles. The van der Waals surface area contributed by atoms with Crippen molar-refractivity contribution in [2.45, 2.75) is 95.9 Å². The molecule has 0 spiro atoms. The van der Waals surface area contributed by atoms with Crippen LogP contribution in [0.4, 0.5) is 0 Å². The summed E-state index contributed by atoms with van der Waals surface area (Å²) < 4.78 is 0. The van der Waals surface area contributed by atoms with E-state index in [2.05, 4.69) is 27.7 Å². The standard InChI is InChI=1S/C21H39Cl2N/c1-5-13-9-14(6-2)19(22)16(10-13)12-17-11-15(7-3)21(24)18(8-4)20(17)23/h13-21H,5-12,24H2,1-4H3. The minimum absolute atomic E-state index is 0.235.